The van der Waals surface area contributed by atoms with Crippen LogP contribution in [0.25, 0.3) is 0 Å². The van der Waals surface area contributed by atoms with Gasteiger partial charge in [0.05, 0.1) is 27.7 Å². The van der Waals surface area contributed by atoms with E-state index in [2.05, 4.69) is 5.38 Å². The zero-order valence-corrected chi connectivity index (χ0v) is 28.3. The third kappa shape index (κ3) is 8.74. The molecule has 1 N–H and O–H groups in total. The second kappa shape index (κ2) is 15.5. The number of halogens is 1. The molecular formula is C33H35ClN3O6S3-. The van der Waals surface area contributed by atoms with E-state index >= 15 is 0 Å². The van der Waals surface area contributed by atoms with Crippen LogP contribution in [-0.4, -0.2) is 46.3 Å². The monoisotopic (exact) mass is 700 g/mol. The summed E-state index contributed by atoms with van der Waals surface area (Å²) in [5, 5.41) is 13.6. The average molecular weight is 701 g/mol. The topological polar surface area (TPSA) is 131 Å². The number of carbonyl (C=O) groups is 1. The molecule has 0 saturated heterocycles. The van der Waals surface area contributed by atoms with Crippen LogP contribution in [0.4, 0.5) is 11.4 Å². The Morgan fingerprint density at radius 2 is 1.72 bits per heavy atom. The summed E-state index contributed by atoms with van der Waals surface area (Å²) in [6, 6.07) is 19.8. The lowest BCUT2D eigenvalue weighted by Gasteiger charge is -2.28. The fourth-order valence-corrected chi connectivity index (χ4v) is 8.64. The van der Waals surface area contributed by atoms with Crippen LogP contribution < -0.4 is 8.61 Å². The maximum atomic E-state index is 14.0. The molecule has 1 aliphatic carbocycles. The van der Waals surface area contributed by atoms with Crippen molar-refractivity contribution < 1.29 is 27.1 Å². The SMILES string of the molecule is O=C(O)c1ccccc1N(CCCCN(c1ccc(Cl)cc1)S(=O)[O-])S(=O)(=O)Cc1cccc(CCc2nc(C3CCC3)cs2)c1. The van der Waals surface area contributed by atoms with Gasteiger partial charge in [0.25, 0.3) is 0 Å². The molecule has 0 radical (unpaired) electrons. The lowest BCUT2D eigenvalue weighted by molar-refractivity contribution is 0.0697. The van der Waals surface area contributed by atoms with Crippen LogP contribution in [0.5, 0.6) is 0 Å². The molecule has 4 aromatic rings. The molecule has 0 amide bonds. The number of anilines is 2. The minimum Gasteiger partial charge on any atom is -0.755 e. The van der Waals surface area contributed by atoms with Crippen molar-refractivity contribution in [2.75, 3.05) is 21.7 Å². The molecule has 0 aliphatic heterocycles. The molecular weight excluding hydrogens is 666 g/mol. The number of unbranched alkanes of at least 4 members (excludes halogenated alkanes) is 1. The van der Waals surface area contributed by atoms with Crippen molar-refractivity contribution in [1.29, 1.82) is 0 Å². The molecule has 1 unspecified atom stereocenters. The Labute approximate surface area is 281 Å². The summed E-state index contributed by atoms with van der Waals surface area (Å²) in [4.78, 5) is 16.9. The standard InChI is InChI=1S/C33H36ClN3O6S3/c34-27-14-16-28(17-15-27)36(45(40)41)19-3-4-20-37(31-12-2-1-11-29(31)33(38)39)46(42,43)23-25-8-5-7-24(21-25)13-18-32-35-30(22-44-32)26-9-6-10-26/h1-2,5,7-8,11-12,14-17,21-22,26H,3-4,6,9-10,13,18-20,23H2,(H,38,39)(H,40,41)/p-1. The lowest BCUT2D eigenvalue weighted by Crippen LogP contribution is -2.35. The first-order valence-electron chi connectivity index (χ1n) is 15.1. The zero-order chi connectivity index (χ0) is 32.7. The lowest BCUT2D eigenvalue weighted by atomic mass is 9.83. The fourth-order valence-electron chi connectivity index (χ4n) is 5.44. The Hall–Kier alpha value is -3.29. The van der Waals surface area contributed by atoms with Gasteiger partial charge in [-0.25, -0.2) is 18.2 Å². The van der Waals surface area contributed by atoms with E-state index in [4.69, 9.17) is 16.6 Å². The Balaban J connectivity index is 1.29. The van der Waals surface area contributed by atoms with E-state index in [0.717, 1.165) is 27.7 Å². The normalized spacial score (nSPS) is 14.0. The number of hydrogen-bond acceptors (Lipinski definition) is 7. The quantitative estimate of drug-likeness (QED) is 0.0987. The van der Waals surface area contributed by atoms with Gasteiger partial charge in [-0.15, -0.1) is 11.3 Å². The molecule has 1 fully saturated rings. The van der Waals surface area contributed by atoms with Crippen molar-refractivity contribution in [2.24, 2.45) is 0 Å². The van der Waals surface area contributed by atoms with Crippen molar-refractivity contribution in [2.45, 2.75) is 56.6 Å². The van der Waals surface area contributed by atoms with Gasteiger partial charge in [-0.2, -0.15) is 0 Å². The van der Waals surface area contributed by atoms with Crippen molar-refractivity contribution in [3.8, 4) is 0 Å². The molecule has 5 rings (SSSR count). The molecule has 1 aliphatic rings. The second-order valence-electron chi connectivity index (χ2n) is 11.3. The number of aromatic nitrogens is 1. The number of benzene rings is 3. The molecule has 3 aromatic carbocycles. The van der Waals surface area contributed by atoms with Crippen LogP contribution >= 0.6 is 22.9 Å². The highest BCUT2D eigenvalue weighted by molar-refractivity contribution is 7.92. The van der Waals surface area contributed by atoms with E-state index in [0.29, 0.717) is 28.6 Å². The molecule has 1 heterocycles. The Morgan fingerprint density at radius 3 is 2.41 bits per heavy atom. The zero-order valence-electron chi connectivity index (χ0n) is 25.1. The number of rotatable bonds is 16. The predicted molar refractivity (Wildman–Crippen MR) is 183 cm³/mol. The maximum absolute atomic E-state index is 14.0. The minimum atomic E-state index is -4.04. The smallest absolute Gasteiger partial charge is 0.337 e. The highest BCUT2D eigenvalue weighted by atomic mass is 35.5. The largest absolute Gasteiger partial charge is 0.755 e. The van der Waals surface area contributed by atoms with Crippen molar-refractivity contribution in [3.05, 3.63) is 111 Å². The summed E-state index contributed by atoms with van der Waals surface area (Å²) in [7, 11) is -4.04. The van der Waals surface area contributed by atoms with Gasteiger partial charge < -0.3 is 14.0 Å². The average Bonchev–Trinajstić information content (AvgIpc) is 3.45. The number of carboxylic acid groups (broad SMARTS) is 1. The third-order valence-corrected chi connectivity index (χ3v) is 11.7. The highest BCUT2D eigenvalue weighted by Gasteiger charge is 2.27. The molecule has 9 nitrogen and oxygen atoms in total. The number of para-hydroxylation sites is 1. The van der Waals surface area contributed by atoms with Gasteiger partial charge in [0.2, 0.25) is 10.0 Å². The summed E-state index contributed by atoms with van der Waals surface area (Å²) in [6.45, 7) is 0.0785. The van der Waals surface area contributed by atoms with Crippen molar-refractivity contribution >= 4 is 61.6 Å². The molecule has 46 heavy (non-hydrogen) atoms. The van der Waals surface area contributed by atoms with Crippen LogP contribution in [0, 0.1) is 0 Å². The van der Waals surface area contributed by atoms with E-state index in [-0.39, 0.29) is 36.5 Å². The van der Waals surface area contributed by atoms with Gasteiger partial charge in [-0.3, -0.25) is 8.51 Å². The van der Waals surface area contributed by atoms with Gasteiger partial charge >= 0.3 is 5.97 Å². The Morgan fingerprint density at radius 1 is 1.00 bits per heavy atom. The molecule has 0 spiro atoms. The number of thiazole rings is 1. The molecule has 1 aromatic heterocycles. The number of carboxylic acids is 1. The third-order valence-electron chi connectivity index (χ3n) is 8.07. The van der Waals surface area contributed by atoms with Gasteiger partial charge in [0, 0.05) is 52.8 Å². The van der Waals surface area contributed by atoms with E-state index in [1.54, 1.807) is 53.8 Å². The van der Waals surface area contributed by atoms with Crippen LogP contribution in [0.1, 0.15) is 70.2 Å². The highest BCUT2D eigenvalue weighted by Crippen LogP contribution is 2.36. The van der Waals surface area contributed by atoms with Crippen LogP contribution in [0.3, 0.4) is 0 Å². The molecule has 244 valence electrons. The van der Waals surface area contributed by atoms with Crippen LogP contribution in [0.2, 0.25) is 5.02 Å². The molecule has 0 bridgehead atoms. The van der Waals surface area contributed by atoms with Gasteiger partial charge in [-0.1, -0.05) is 54.4 Å². The van der Waals surface area contributed by atoms with E-state index in [1.807, 2.05) is 18.2 Å². The second-order valence-corrected chi connectivity index (χ2v) is 15.4. The summed E-state index contributed by atoms with van der Waals surface area (Å²) in [6.07, 6.45) is 5.78. The maximum Gasteiger partial charge on any atom is 0.337 e. The number of hydrogen-bond donors (Lipinski definition) is 1. The fraction of sp³-hybridized carbons (Fsp3) is 0.333. The molecule has 1 saturated carbocycles. The summed E-state index contributed by atoms with van der Waals surface area (Å²) >= 11 is 5.06. The van der Waals surface area contributed by atoms with Crippen LogP contribution in [0.15, 0.2) is 78.2 Å². The summed E-state index contributed by atoms with van der Waals surface area (Å²) in [5.41, 5.74) is 3.16. The minimum absolute atomic E-state index is 0.0281. The van der Waals surface area contributed by atoms with Crippen molar-refractivity contribution in [1.82, 2.24) is 4.98 Å². The van der Waals surface area contributed by atoms with Gasteiger partial charge in [0.15, 0.2) is 0 Å². The summed E-state index contributed by atoms with van der Waals surface area (Å²) in [5.74, 6) is -0.971. The number of aryl methyl sites for hydroxylation is 2. The number of aromatic carboxylic acids is 1. The van der Waals surface area contributed by atoms with Crippen LogP contribution in [-0.2, 0) is 39.9 Å². The number of sulfonamides is 1. The molecule has 13 heteroatoms. The first-order chi connectivity index (χ1) is 22.1. The predicted octanol–water partition coefficient (Wildman–Crippen LogP) is 6.96. The number of nitrogens with zero attached hydrogens (tertiary/aromatic N) is 3. The first kappa shape index (κ1) is 34.1. The Kier molecular flexibility index (Phi) is 11.5. The van der Waals surface area contributed by atoms with E-state index in [9.17, 15) is 27.1 Å². The Bertz CT molecular complexity index is 1780. The first-order valence-corrected chi connectivity index (χ1v) is 19.0. The van der Waals surface area contributed by atoms with Gasteiger partial charge in [-0.05, 0) is 79.6 Å². The van der Waals surface area contributed by atoms with E-state index in [1.165, 1.54) is 41.4 Å². The summed E-state index contributed by atoms with van der Waals surface area (Å²) < 4.78 is 54.1. The van der Waals surface area contributed by atoms with E-state index < -0.39 is 27.3 Å². The molecule has 1 atom stereocenters. The van der Waals surface area contributed by atoms with Crippen molar-refractivity contribution in [3.63, 3.8) is 0 Å². The van der Waals surface area contributed by atoms with Gasteiger partial charge in [0.1, 0.15) is 0 Å².